The van der Waals surface area contributed by atoms with Gasteiger partial charge in [0, 0.05) is 19.1 Å². The Labute approximate surface area is 142 Å². The number of hydrogen-bond acceptors (Lipinski definition) is 4. The van der Waals surface area contributed by atoms with E-state index in [1.807, 2.05) is 0 Å². The number of carbonyl (C=O) groups is 1. The highest BCUT2D eigenvalue weighted by molar-refractivity contribution is 7.91. The first-order valence-corrected chi connectivity index (χ1v) is 10.8. The van der Waals surface area contributed by atoms with E-state index in [4.69, 9.17) is 0 Å². The number of amides is 1. The molecule has 2 atom stereocenters. The maximum atomic E-state index is 13.1. The zero-order chi connectivity index (χ0) is 16.3. The van der Waals surface area contributed by atoms with Crippen LogP contribution in [0.5, 0.6) is 0 Å². The van der Waals surface area contributed by atoms with Crippen LogP contribution >= 0.6 is 11.3 Å². The molecule has 0 spiro atoms. The Balaban J connectivity index is 1.94. The minimum atomic E-state index is -3.51. The average Bonchev–Trinajstić information content (AvgIpc) is 3.09. The molecule has 1 aromatic heterocycles. The molecule has 23 heavy (non-hydrogen) atoms. The Bertz CT molecular complexity index is 628. The molecule has 1 aliphatic carbocycles. The lowest BCUT2D eigenvalue weighted by atomic mass is 9.83. The van der Waals surface area contributed by atoms with Gasteiger partial charge in [0.25, 0.3) is 10.0 Å². The average molecular weight is 357 g/mol. The molecular formula is C16H24N2O3S2. The summed E-state index contributed by atoms with van der Waals surface area (Å²) in [6.07, 6.45) is 6.26. The smallest absolute Gasteiger partial charge is 0.252 e. The topological polar surface area (TPSA) is 66.5 Å². The molecule has 0 radical (unpaired) electrons. The lowest BCUT2D eigenvalue weighted by Gasteiger charge is -2.38. The van der Waals surface area contributed by atoms with Gasteiger partial charge in [-0.3, -0.25) is 4.79 Å². The highest BCUT2D eigenvalue weighted by Crippen LogP contribution is 2.34. The largest absolute Gasteiger partial charge is 0.356 e. The van der Waals surface area contributed by atoms with Gasteiger partial charge in [-0.15, -0.1) is 11.3 Å². The van der Waals surface area contributed by atoms with Crippen molar-refractivity contribution in [1.29, 1.82) is 0 Å². The Morgan fingerprint density at radius 3 is 2.74 bits per heavy atom. The number of thiophene rings is 1. The Kier molecular flexibility index (Phi) is 5.38. The SMILES string of the molecule is O=C1NCCCCCN(S(=O)(=O)c2cccs2)[C@H]2CCCC[C@@H]12. The van der Waals surface area contributed by atoms with Gasteiger partial charge in [0.2, 0.25) is 5.91 Å². The van der Waals surface area contributed by atoms with Gasteiger partial charge in [0.15, 0.2) is 0 Å². The van der Waals surface area contributed by atoms with Gasteiger partial charge in [-0.05, 0) is 37.1 Å². The highest BCUT2D eigenvalue weighted by Gasteiger charge is 2.40. The summed E-state index contributed by atoms with van der Waals surface area (Å²) in [4.78, 5) is 12.5. The number of fused-ring (bicyclic) bond motifs is 1. The van der Waals surface area contributed by atoms with Crippen molar-refractivity contribution in [3.05, 3.63) is 17.5 Å². The zero-order valence-electron chi connectivity index (χ0n) is 13.2. The molecule has 1 aromatic rings. The van der Waals surface area contributed by atoms with Gasteiger partial charge < -0.3 is 5.32 Å². The fourth-order valence-corrected chi connectivity index (χ4v) is 6.51. The second-order valence-electron chi connectivity index (χ2n) is 6.36. The molecule has 1 amide bonds. The monoisotopic (exact) mass is 356 g/mol. The lowest BCUT2D eigenvalue weighted by molar-refractivity contribution is -0.127. The third-order valence-electron chi connectivity index (χ3n) is 4.85. The molecule has 2 heterocycles. The van der Waals surface area contributed by atoms with Gasteiger partial charge in [0.05, 0.1) is 5.92 Å². The van der Waals surface area contributed by atoms with Crippen LogP contribution < -0.4 is 5.32 Å². The van der Waals surface area contributed by atoms with E-state index in [9.17, 15) is 13.2 Å². The molecule has 0 unspecified atom stereocenters. The summed E-state index contributed by atoms with van der Waals surface area (Å²) >= 11 is 1.25. The summed E-state index contributed by atoms with van der Waals surface area (Å²) in [6.45, 7) is 1.23. The zero-order valence-corrected chi connectivity index (χ0v) is 14.9. The second kappa shape index (κ2) is 7.32. The van der Waals surface area contributed by atoms with Crippen molar-refractivity contribution in [2.45, 2.75) is 55.2 Å². The van der Waals surface area contributed by atoms with Crippen LogP contribution in [0.3, 0.4) is 0 Å². The van der Waals surface area contributed by atoms with Gasteiger partial charge in [0.1, 0.15) is 4.21 Å². The van der Waals surface area contributed by atoms with E-state index in [0.29, 0.717) is 17.3 Å². The molecule has 0 aromatic carbocycles. The van der Waals surface area contributed by atoms with Crippen LogP contribution in [0, 0.1) is 5.92 Å². The molecule has 3 rings (SSSR count). The molecule has 7 heteroatoms. The van der Waals surface area contributed by atoms with Crippen molar-refractivity contribution < 1.29 is 13.2 Å². The number of sulfonamides is 1. The van der Waals surface area contributed by atoms with Crippen molar-refractivity contribution >= 4 is 27.3 Å². The maximum Gasteiger partial charge on any atom is 0.252 e. The number of hydrogen-bond donors (Lipinski definition) is 1. The first-order valence-electron chi connectivity index (χ1n) is 8.44. The minimum absolute atomic E-state index is 0.0305. The Hall–Kier alpha value is -0.920. The van der Waals surface area contributed by atoms with Crippen LogP contribution in [0.2, 0.25) is 0 Å². The fraction of sp³-hybridized carbons (Fsp3) is 0.688. The van der Waals surface area contributed by atoms with E-state index in [1.165, 1.54) is 11.3 Å². The number of nitrogens with zero attached hydrogens (tertiary/aromatic N) is 1. The second-order valence-corrected chi connectivity index (χ2v) is 9.42. The molecule has 1 saturated heterocycles. The number of carbonyl (C=O) groups excluding carboxylic acids is 1. The van der Waals surface area contributed by atoms with Crippen molar-refractivity contribution in [3.63, 3.8) is 0 Å². The fourth-order valence-electron chi connectivity index (χ4n) is 3.66. The van der Waals surface area contributed by atoms with Crippen molar-refractivity contribution in [2.75, 3.05) is 13.1 Å². The molecule has 128 valence electrons. The number of rotatable bonds is 2. The van der Waals surface area contributed by atoms with Crippen molar-refractivity contribution in [2.24, 2.45) is 5.92 Å². The van der Waals surface area contributed by atoms with E-state index in [1.54, 1.807) is 21.8 Å². The third kappa shape index (κ3) is 3.61. The molecule has 2 fully saturated rings. The summed E-state index contributed by atoms with van der Waals surface area (Å²) in [7, 11) is -3.51. The quantitative estimate of drug-likeness (QED) is 0.886. The van der Waals surface area contributed by atoms with E-state index in [0.717, 1.165) is 44.9 Å². The van der Waals surface area contributed by atoms with Crippen LogP contribution in [0.4, 0.5) is 0 Å². The normalized spacial score (nSPS) is 27.9. The van der Waals surface area contributed by atoms with Gasteiger partial charge in [-0.25, -0.2) is 8.42 Å². The van der Waals surface area contributed by atoms with Gasteiger partial charge in [-0.2, -0.15) is 4.31 Å². The van der Waals surface area contributed by atoms with E-state index < -0.39 is 10.0 Å². The highest BCUT2D eigenvalue weighted by atomic mass is 32.2. The molecular weight excluding hydrogens is 332 g/mol. The van der Waals surface area contributed by atoms with E-state index >= 15 is 0 Å². The van der Waals surface area contributed by atoms with Crippen LogP contribution in [-0.4, -0.2) is 37.8 Å². The summed E-state index contributed by atoms with van der Waals surface area (Å²) in [5, 5.41) is 4.79. The van der Waals surface area contributed by atoms with E-state index in [2.05, 4.69) is 5.32 Å². The molecule has 2 aliphatic rings. The van der Waals surface area contributed by atoms with Gasteiger partial charge >= 0.3 is 0 Å². The third-order valence-corrected chi connectivity index (χ3v) is 8.15. The summed E-state index contributed by atoms with van der Waals surface area (Å²) in [5.41, 5.74) is 0. The lowest BCUT2D eigenvalue weighted by Crippen LogP contribution is -2.51. The first kappa shape index (κ1) is 16.9. The molecule has 5 nitrogen and oxygen atoms in total. The standard InChI is InChI=1S/C16H24N2O3S2/c19-16-13-7-2-3-8-14(13)18(11-5-1-4-10-17-16)23(20,21)15-9-6-12-22-15/h6,9,12-14H,1-5,7-8,10-11H2,(H,17,19)/t13-,14+/m1/s1. The Morgan fingerprint density at radius 2 is 1.96 bits per heavy atom. The van der Waals surface area contributed by atoms with Crippen molar-refractivity contribution in [3.8, 4) is 0 Å². The molecule has 0 bridgehead atoms. The van der Waals surface area contributed by atoms with Crippen LogP contribution in [-0.2, 0) is 14.8 Å². The van der Waals surface area contributed by atoms with Crippen molar-refractivity contribution in [1.82, 2.24) is 9.62 Å². The van der Waals surface area contributed by atoms with Crippen LogP contribution in [0.1, 0.15) is 44.9 Å². The summed E-state index contributed by atoms with van der Waals surface area (Å²) < 4.78 is 28.2. The minimum Gasteiger partial charge on any atom is -0.356 e. The van der Waals surface area contributed by atoms with Crippen LogP contribution in [0.15, 0.2) is 21.7 Å². The first-order chi connectivity index (χ1) is 11.1. The summed E-state index contributed by atoms with van der Waals surface area (Å²) in [6, 6.07) is 3.23. The predicted molar refractivity (Wildman–Crippen MR) is 90.8 cm³/mol. The van der Waals surface area contributed by atoms with E-state index in [-0.39, 0.29) is 17.9 Å². The van der Waals surface area contributed by atoms with Crippen LogP contribution in [0.25, 0.3) is 0 Å². The molecule has 1 aliphatic heterocycles. The molecule has 1 N–H and O–H groups in total. The van der Waals surface area contributed by atoms with Gasteiger partial charge in [-0.1, -0.05) is 25.3 Å². The molecule has 1 saturated carbocycles. The maximum absolute atomic E-state index is 13.1. The Morgan fingerprint density at radius 1 is 1.13 bits per heavy atom. The number of nitrogens with one attached hydrogen (secondary N) is 1. The summed E-state index contributed by atoms with van der Waals surface area (Å²) in [5.74, 6) is -0.181. The predicted octanol–water partition coefficient (Wildman–Crippen LogP) is 2.60.